The summed E-state index contributed by atoms with van der Waals surface area (Å²) in [6.07, 6.45) is 2.07. The number of benzene rings is 3. The summed E-state index contributed by atoms with van der Waals surface area (Å²) in [5, 5.41) is 5.36. The molecule has 0 bridgehead atoms. The van der Waals surface area contributed by atoms with Gasteiger partial charge in [-0.25, -0.2) is 13.4 Å². The maximum absolute atomic E-state index is 13.5. The predicted molar refractivity (Wildman–Crippen MR) is 121 cm³/mol. The maximum atomic E-state index is 13.5. The van der Waals surface area contributed by atoms with E-state index in [-0.39, 0.29) is 4.90 Å². The molecule has 4 aromatic rings. The Kier molecular flexibility index (Phi) is 4.60. The van der Waals surface area contributed by atoms with E-state index in [2.05, 4.69) is 10.3 Å². The van der Waals surface area contributed by atoms with Crippen LogP contribution in [0, 0.1) is 0 Å². The number of carbonyl (C=O) groups excluding carboxylic acids is 1. The summed E-state index contributed by atoms with van der Waals surface area (Å²) in [7, 11) is -3.82. The summed E-state index contributed by atoms with van der Waals surface area (Å²) in [5.41, 5.74) is 0.819. The predicted octanol–water partition coefficient (Wildman–Crippen LogP) is 5.17. The number of nitrogens with one attached hydrogen (secondary N) is 1. The van der Waals surface area contributed by atoms with Crippen LogP contribution < -0.4 is 5.32 Å². The summed E-state index contributed by atoms with van der Waals surface area (Å²) in [5.74, 6) is -0.479. The standard InChI is InChI=1S/C23H20N2O3S2/c26-21(23(14-6-7-15-23)30(27,28)17-9-2-1-3-10-17)25-22-24-20-18-11-5-4-8-16(18)12-13-19(20)29-22/h1-5,8-13H,6-7,14-15H2,(H,24,25,26). The molecule has 0 aliphatic heterocycles. The Labute approximate surface area is 178 Å². The molecule has 5 nitrogen and oxygen atoms in total. The van der Waals surface area contributed by atoms with Gasteiger partial charge in [0.05, 0.1) is 15.1 Å². The molecule has 1 saturated carbocycles. The minimum absolute atomic E-state index is 0.192. The molecule has 0 spiro atoms. The Morgan fingerprint density at radius 2 is 1.63 bits per heavy atom. The van der Waals surface area contributed by atoms with Crippen molar-refractivity contribution in [2.24, 2.45) is 0 Å². The smallest absolute Gasteiger partial charge is 0.248 e. The zero-order valence-electron chi connectivity index (χ0n) is 16.2. The van der Waals surface area contributed by atoms with Gasteiger partial charge in [0.25, 0.3) is 0 Å². The van der Waals surface area contributed by atoms with Crippen LogP contribution in [-0.4, -0.2) is 24.1 Å². The van der Waals surface area contributed by atoms with Crippen LogP contribution in [0.3, 0.4) is 0 Å². The third-order valence-corrected chi connectivity index (χ3v) is 9.35. The molecule has 0 atom stereocenters. The number of hydrogen-bond donors (Lipinski definition) is 1. The van der Waals surface area contributed by atoms with Crippen LogP contribution in [0.2, 0.25) is 0 Å². The molecule has 1 heterocycles. The summed E-state index contributed by atoms with van der Waals surface area (Å²) >= 11 is 1.37. The molecule has 5 rings (SSSR count). The van der Waals surface area contributed by atoms with E-state index in [9.17, 15) is 13.2 Å². The highest BCUT2D eigenvalue weighted by Crippen LogP contribution is 2.42. The van der Waals surface area contributed by atoms with Gasteiger partial charge in [-0.2, -0.15) is 0 Å². The van der Waals surface area contributed by atoms with Crippen molar-refractivity contribution in [3.8, 4) is 0 Å². The molecular weight excluding hydrogens is 416 g/mol. The van der Waals surface area contributed by atoms with E-state index in [1.807, 2.05) is 36.4 Å². The second kappa shape index (κ2) is 7.18. The number of aromatic nitrogens is 1. The molecular formula is C23H20N2O3S2. The largest absolute Gasteiger partial charge is 0.301 e. The van der Waals surface area contributed by atoms with E-state index < -0.39 is 20.5 Å². The van der Waals surface area contributed by atoms with Crippen molar-refractivity contribution in [2.75, 3.05) is 5.32 Å². The first kappa shape index (κ1) is 19.2. The lowest BCUT2D eigenvalue weighted by Crippen LogP contribution is -2.47. The highest BCUT2D eigenvalue weighted by molar-refractivity contribution is 7.93. The van der Waals surface area contributed by atoms with Gasteiger partial charge in [0.2, 0.25) is 5.91 Å². The van der Waals surface area contributed by atoms with Crippen molar-refractivity contribution >= 4 is 53.2 Å². The van der Waals surface area contributed by atoms with Gasteiger partial charge in [0, 0.05) is 5.39 Å². The number of carbonyl (C=O) groups is 1. The number of fused-ring (bicyclic) bond motifs is 3. The Morgan fingerprint density at radius 1 is 0.933 bits per heavy atom. The molecule has 1 N–H and O–H groups in total. The lowest BCUT2D eigenvalue weighted by Gasteiger charge is -2.27. The first-order valence-electron chi connectivity index (χ1n) is 9.91. The third-order valence-electron chi connectivity index (χ3n) is 5.90. The molecule has 1 amide bonds. The van der Waals surface area contributed by atoms with Crippen molar-refractivity contribution in [1.29, 1.82) is 0 Å². The number of rotatable bonds is 4. The molecule has 30 heavy (non-hydrogen) atoms. The molecule has 1 aromatic heterocycles. The molecule has 1 fully saturated rings. The minimum Gasteiger partial charge on any atom is -0.301 e. The second-order valence-electron chi connectivity index (χ2n) is 7.62. The number of amides is 1. The summed E-state index contributed by atoms with van der Waals surface area (Å²) in [6.45, 7) is 0. The van der Waals surface area contributed by atoms with E-state index >= 15 is 0 Å². The van der Waals surface area contributed by atoms with Crippen LogP contribution in [0.4, 0.5) is 5.13 Å². The fourth-order valence-corrected chi connectivity index (χ4v) is 7.28. The molecule has 3 aromatic carbocycles. The first-order valence-corrected chi connectivity index (χ1v) is 12.2. The van der Waals surface area contributed by atoms with Crippen LogP contribution in [-0.2, 0) is 14.6 Å². The van der Waals surface area contributed by atoms with Crippen molar-refractivity contribution in [1.82, 2.24) is 4.98 Å². The van der Waals surface area contributed by atoms with E-state index in [1.54, 1.807) is 30.3 Å². The van der Waals surface area contributed by atoms with Gasteiger partial charge in [-0.3, -0.25) is 4.79 Å². The fraction of sp³-hybridized carbons (Fsp3) is 0.217. The SMILES string of the molecule is O=C(Nc1nc2c(ccc3ccccc32)s1)C1(S(=O)(=O)c2ccccc2)CCCC1. The lowest BCUT2D eigenvalue weighted by molar-refractivity contribution is -0.118. The second-order valence-corrected chi connectivity index (χ2v) is 10.9. The van der Waals surface area contributed by atoms with Gasteiger partial charge in [0.1, 0.15) is 0 Å². The number of sulfone groups is 1. The minimum atomic E-state index is -3.82. The quantitative estimate of drug-likeness (QED) is 0.479. The average molecular weight is 437 g/mol. The van der Waals surface area contributed by atoms with Crippen LogP contribution in [0.25, 0.3) is 21.0 Å². The maximum Gasteiger partial charge on any atom is 0.248 e. The Hall–Kier alpha value is -2.77. The Balaban J connectivity index is 1.54. The van der Waals surface area contributed by atoms with Gasteiger partial charge < -0.3 is 5.32 Å². The number of nitrogens with zero attached hydrogens (tertiary/aromatic N) is 1. The number of anilines is 1. The molecule has 1 aliphatic carbocycles. The highest BCUT2D eigenvalue weighted by Gasteiger charge is 2.53. The normalized spacial score (nSPS) is 16.1. The highest BCUT2D eigenvalue weighted by atomic mass is 32.2. The van der Waals surface area contributed by atoms with Crippen molar-refractivity contribution in [3.63, 3.8) is 0 Å². The summed E-state index contributed by atoms with van der Waals surface area (Å²) in [6, 6.07) is 20.2. The van der Waals surface area contributed by atoms with E-state index in [0.29, 0.717) is 30.8 Å². The van der Waals surface area contributed by atoms with Gasteiger partial charge in [-0.05, 0) is 36.4 Å². The third kappa shape index (κ3) is 2.92. The molecule has 1 aliphatic rings. The topological polar surface area (TPSA) is 76.1 Å². The summed E-state index contributed by atoms with van der Waals surface area (Å²) in [4.78, 5) is 18.2. The van der Waals surface area contributed by atoms with Crippen LogP contribution in [0.15, 0.2) is 71.6 Å². The zero-order valence-corrected chi connectivity index (χ0v) is 17.8. The molecule has 152 valence electrons. The van der Waals surface area contributed by atoms with Gasteiger partial charge in [0.15, 0.2) is 19.7 Å². The van der Waals surface area contributed by atoms with E-state index in [0.717, 1.165) is 21.0 Å². The van der Waals surface area contributed by atoms with Crippen LogP contribution >= 0.6 is 11.3 Å². The average Bonchev–Trinajstić information content (AvgIpc) is 3.42. The van der Waals surface area contributed by atoms with Gasteiger partial charge >= 0.3 is 0 Å². The molecule has 0 radical (unpaired) electrons. The van der Waals surface area contributed by atoms with Crippen molar-refractivity contribution in [2.45, 2.75) is 35.3 Å². The molecule has 0 unspecified atom stereocenters. The van der Waals surface area contributed by atoms with Gasteiger partial charge in [-0.15, -0.1) is 0 Å². The first-order chi connectivity index (χ1) is 14.5. The monoisotopic (exact) mass is 436 g/mol. The Bertz CT molecular complexity index is 1360. The fourth-order valence-electron chi connectivity index (χ4n) is 4.31. The zero-order chi connectivity index (χ0) is 20.8. The molecule has 7 heteroatoms. The van der Waals surface area contributed by atoms with E-state index in [1.165, 1.54) is 11.3 Å². The van der Waals surface area contributed by atoms with Crippen LogP contribution in [0.5, 0.6) is 0 Å². The number of thiazole rings is 1. The lowest BCUT2D eigenvalue weighted by atomic mass is 10.1. The van der Waals surface area contributed by atoms with Crippen molar-refractivity contribution in [3.05, 3.63) is 66.7 Å². The van der Waals surface area contributed by atoms with Crippen LogP contribution in [0.1, 0.15) is 25.7 Å². The van der Waals surface area contributed by atoms with Crippen molar-refractivity contribution < 1.29 is 13.2 Å². The summed E-state index contributed by atoms with van der Waals surface area (Å²) < 4.78 is 26.4. The molecule has 0 saturated heterocycles. The Morgan fingerprint density at radius 3 is 2.40 bits per heavy atom. The number of hydrogen-bond acceptors (Lipinski definition) is 5. The van der Waals surface area contributed by atoms with E-state index in [4.69, 9.17) is 0 Å². The van der Waals surface area contributed by atoms with Gasteiger partial charge in [-0.1, -0.05) is 72.7 Å².